The van der Waals surface area contributed by atoms with Crippen LogP contribution in [0.1, 0.15) is 11.1 Å². The van der Waals surface area contributed by atoms with E-state index in [1.54, 1.807) is 0 Å². The molecule has 23 heavy (non-hydrogen) atoms. The van der Waals surface area contributed by atoms with E-state index in [-0.39, 0.29) is 24.0 Å². The van der Waals surface area contributed by atoms with E-state index in [1.165, 1.54) is 11.1 Å². The highest BCUT2D eigenvalue weighted by atomic mass is 127. The van der Waals surface area contributed by atoms with Gasteiger partial charge in [0, 0.05) is 45.8 Å². The number of aliphatic imine (C=N–C) groups is 1. The Morgan fingerprint density at radius 3 is 2.74 bits per heavy atom. The summed E-state index contributed by atoms with van der Waals surface area (Å²) in [6, 6.07) is 9.07. The lowest BCUT2D eigenvalue weighted by atomic mass is 10.1. The Kier molecular flexibility index (Phi) is 8.86. The van der Waals surface area contributed by atoms with Crippen molar-refractivity contribution in [3.8, 4) is 0 Å². The van der Waals surface area contributed by atoms with Crippen molar-refractivity contribution in [2.24, 2.45) is 4.99 Å². The number of hydrogen-bond donors (Lipinski definition) is 2. The molecule has 1 atom stereocenters. The standard InChI is InChI=1S/C17H29N5.HI/c1-14-6-5-7-15(10-14)11-19-17(18-2)20-12-16-13-21(3)8-9-22(16)4;/h5-7,10,16H,8-9,11-13H2,1-4H3,(H2,18,19,20);1H. The first kappa shape index (κ1) is 20.2. The molecule has 0 aliphatic carbocycles. The molecule has 2 N–H and O–H groups in total. The van der Waals surface area contributed by atoms with Crippen LogP contribution in [-0.4, -0.2) is 69.1 Å². The van der Waals surface area contributed by atoms with Crippen LogP contribution in [-0.2, 0) is 6.54 Å². The molecule has 1 heterocycles. The van der Waals surface area contributed by atoms with Crippen molar-refractivity contribution in [1.82, 2.24) is 20.4 Å². The topological polar surface area (TPSA) is 42.9 Å². The number of piperazine rings is 1. The van der Waals surface area contributed by atoms with Crippen LogP contribution in [0.4, 0.5) is 0 Å². The van der Waals surface area contributed by atoms with Gasteiger partial charge in [-0.2, -0.15) is 0 Å². The Hall–Kier alpha value is -0.860. The second-order valence-corrected chi connectivity index (χ2v) is 6.19. The second kappa shape index (κ2) is 10.1. The van der Waals surface area contributed by atoms with Crippen LogP contribution in [0.15, 0.2) is 29.3 Å². The predicted molar refractivity (Wildman–Crippen MR) is 109 cm³/mol. The van der Waals surface area contributed by atoms with Gasteiger partial charge in [-0.1, -0.05) is 29.8 Å². The van der Waals surface area contributed by atoms with E-state index in [1.807, 2.05) is 7.05 Å². The van der Waals surface area contributed by atoms with E-state index >= 15 is 0 Å². The Morgan fingerprint density at radius 1 is 1.26 bits per heavy atom. The number of nitrogens with zero attached hydrogens (tertiary/aromatic N) is 3. The summed E-state index contributed by atoms with van der Waals surface area (Å²) >= 11 is 0. The molecule has 0 saturated carbocycles. The van der Waals surface area contributed by atoms with Crippen molar-refractivity contribution >= 4 is 29.9 Å². The lowest BCUT2D eigenvalue weighted by molar-refractivity contribution is 0.116. The van der Waals surface area contributed by atoms with Gasteiger partial charge in [-0.05, 0) is 26.6 Å². The SMILES string of the molecule is CN=C(NCc1cccc(C)c1)NCC1CN(C)CCN1C.I. The highest BCUT2D eigenvalue weighted by Gasteiger charge is 2.21. The molecular formula is C17H30IN5. The molecule has 1 fully saturated rings. The minimum atomic E-state index is 0. The van der Waals surface area contributed by atoms with Crippen molar-refractivity contribution in [2.75, 3.05) is 47.3 Å². The quantitative estimate of drug-likeness (QED) is 0.431. The van der Waals surface area contributed by atoms with Gasteiger partial charge < -0.3 is 15.5 Å². The first-order valence-electron chi connectivity index (χ1n) is 7.97. The van der Waals surface area contributed by atoms with Gasteiger partial charge in [-0.15, -0.1) is 24.0 Å². The summed E-state index contributed by atoms with van der Waals surface area (Å²) in [6.07, 6.45) is 0. The summed E-state index contributed by atoms with van der Waals surface area (Å²) in [5, 5.41) is 6.83. The van der Waals surface area contributed by atoms with Gasteiger partial charge in [-0.3, -0.25) is 9.89 Å². The summed E-state index contributed by atoms with van der Waals surface area (Å²) in [5.74, 6) is 0.864. The molecule has 0 aromatic heterocycles. The largest absolute Gasteiger partial charge is 0.355 e. The number of guanidine groups is 1. The Labute approximate surface area is 157 Å². The number of aryl methyl sites for hydroxylation is 1. The van der Waals surface area contributed by atoms with Crippen LogP contribution in [0.25, 0.3) is 0 Å². The Morgan fingerprint density at radius 2 is 2.04 bits per heavy atom. The third-order valence-corrected chi connectivity index (χ3v) is 4.25. The summed E-state index contributed by atoms with van der Waals surface area (Å²) in [6.45, 7) is 7.19. The Bertz CT molecular complexity index is 506. The summed E-state index contributed by atoms with van der Waals surface area (Å²) in [4.78, 5) is 9.12. The zero-order valence-electron chi connectivity index (χ0n) is 14.7. The van der Waals surface area contributed by atoms with Crippen molar-refractivity contribution in [2.45, 2.75) is 19.5 Å². The molecule has 2 rings (SSSR count). The van der Waals surface area contributed by atoms with Crippen LogP contribution in [0.5, 0.6) is 0 Å². The fourth-order valence-electron chi connectivity index (χ4n) is 2.76. The molecule has 1 aromatic carbocycles. The maximum Gasteiger partial charge on any atom is 0.191 e. The predicted octanol–water partition coefficient (Wildman–Crippen LogP) is 1.52. The molecule has 1 unspecified atom stereocenters. The number of rotatable bonds is 4. The molecule has 1 aliphatic heterocycles. The molecule has 5 nitrogen and oxygen atoms in total. The molecule has 0 amide bonds. The maximum absolute atomic E-state index is 4.32. The van der Waals surface area contributed by atoms with E-state index in [0.29, 0.717) is 6.04 Å². The number of hydrogen-bond acceptors (Lipinski definition) is 3. The van der Waals surface area contributed by atoms with Crippen LogP contribution in [0.3, 0.4) is 0 Å². The molecule has 1 aliphatic rings. The highest BCUT2D eigenvalue weighted by Crippen LogP contribution is 2.05. The van der Waals surface area contributed by atoms with E-state index in [4.69, 9.17) is 0 Å². The first-order chi connectivity index (χ1) is 10.6. The number of likely N-dealkylation sites (N-methyl/N-ethyl adjacent to an activating group) is 2. The molecule has 1 aromatic rings. The van der Waals surface area contributed by atoms with Crippen molar-refractivity contribution in [3.05, 3.63) is 35.4 Å². The minimum Gasteiger partial charge on any atom is -0.355 e. The zero-order chi connectivity index (χ0) is 15.9. The number of halogens is 1. The molecule has 6 heteroatoms. The molecule has 0 radical (unpaired) electrons. The zero-order valence-corrected chi connectivity index (χ0v) is 17.0. The minimum absolute atomic E-state index is 0. The number of nitrogens with one attached hydrogen (secondary N) is 2. The van der Waals surface area contributed by atoms with Gasteiger partial charge >= 0.3 is 0 Å². The third-order valence-electron chi connectivity index (χ3n) is 4.25. The van der Waals surface area contributed by atoms with Gasteiger partial charge in [0.2, 0.25) is 0 Å². The van der Waals surface area contributed by atoms with Crippen LogP contribution < -0.4 is 10.6 Å². The maximum atomic E-state index is 4.32. The van der Waals surface area contributed by atoms with Gasteiger partial charge in [-0.25, -0.2) is 0 Å². The fraction of sp³-hybridized carbons (Fsp3) is 0.588. The normalized spacial score (nSPS) is 20.0. The van der Waals surface area contributed by atoms with Crippen LogP contribution in [0, 0.1) is 6.92 Å². The van der Waals surface area contributed by atoms with E-state index in [0.717, 1.165) is 38.7 Å². The van der Waals surface area contributed by atoms with Crippen molar-refractivity contribution in [1.29, 1.82) is 0 Å². The molecule has 130 valence electrons. The fourth-order valence-corrected chi connectivity index (χ4v) is 2.76. The van der Waals surface area contributed by atoms with E-state index < -0.39 is 0 Å². The van der Waals surface area contributed by atoms with Gasteiger partial charge in [0.1, 0.15) is 0 Å². The van der Waals surface area contributed by atoms with Gasteiger partial charge in [0.15, 0.2) is 5.96 Å². The van der Waals surface area contributed by atoms with Crippen LogP contribution >= 0.6 is 24.0 Å². The monoisotopic (exact) mass is 431 g/mol. The average molecular weight is 431 g/mol. The summed E-state index contributed by atoms with van der Waals surface area (Å²) < 4.78 is 0. The van der Waals surface area contributed by atoms with E-state index in [9.17, 15) is 0 Å². The smallest absolute Gasteiger partial charge is 0.191 e. The molecule has 0 spiro atoms. The van der Waals surface area contributed by atoms with Gasteiger partial charge in [0.25, 0.3) is 0 Å². The first-order valence-corrected chi connectivity index (χ1v) is 7.97. The average Bonchev–Trinajstić information content (AvgIpc) is 2.51. The van der Waals surface area contributed by atoms with Crippen LogP contribution in [0.2, 0.25) is 0 Å². The Balaban J connectivity index is 0.00000264. The lowest BCUT2D eigenvalue weighted by Crippen LogP contribution is -2.55. The van der Waals surface area contributed by atoms with Crippen molar-refractivity contribution < 1.29 is 0 Å². The summed E-state index contributed by atoms with van der Waals surface area (Å²) in [5.41, 5.74) is 2.56. The molecule has 1 saturated heterocycles. The number of benzene rings is 1. The molecular weight excluding hydrogens is 401 g/mol. The van der Waals surface area contributed by atoms with Crippen molar-refractivity contribution in [3.63, 3.8) is 0 Å². The lowest BCUT2D eigenvalue weighted by Gasteiger charge is -2.37. The molecule has 0 bridgehead atoms. The van der Waals surface area contributed by atoms with E-state index in [2.05, 4.69) is 70.7 Å². The second-order valence-electron chi connectivity index (χ2n) is 6.19. The van der Waals surface area contributed by atoms with Gasteiger partial charge in [0.05, 0.1) is 0 Å². The third kappa shape index (κ3) is 6.64. The highest BCUT2D eigenvalue weighted by molar-refractivity contribution is 14.0. The summed E-state index contributed by atoms with van der Waals surface area (Å²) in [7, 11) is 6.20.